The van der Waals surface area contributed by atoms with Crippen molar-refractivity contribution in [3.63, 3.8) is 0 Å². The monoisotopic (exact) mass is 325 g/mol. The minimum Gasteiger partial charge on any atom is -0.481 e. The molecule has 0 aromatic carbocycles. The van der Waals surface area contributed by atoms with Gasteiger partial charge in [-0.2, -0.15) is 0 Å². The number of carbonyl (C=O) groups excluding carboxylic acids is 1. The number of ether oxygens (including phenoxy) is 1. The van der Waals surface area contributed by atoms with E-state index in [4.69, 9.17) is 4.74 Å². The number of rotatable bonds is 8. The molecule has 0 aromatic rings. The van der Waals surface area contributed by atoms with Crippen molar-refractivity contribution in [3.05, 3.63) is 0 Å². The molecule has 1 heterocycles. The van der Waals surface area contributed by atoms with Crippen LogP contribution in [-0.4, -0.2) is 36.7 Å². The lowest BCUT2D eigenvalue weighted by atomic mass is 9.80. The maximum absolute atomic E-state index is 12.6. The lowest BCUT2D eigenvalue weighted by molar-refractivity contribution is -0.154. The second-order valence-electron chi connectivity index (χ2n) is 7.29. The maximum atomic E-state index is 12.6. The summed E-state index contributed by atoms with van der Waals surface area (Å²) in [5.41, 5.74) is -0.849. The van der Waals surface area contributed by atoms with Gasteiger partial charge in [-0.05, 0) is 31.6 Å². The summed E-state index contributed by atoms with van der Waals surface area (Å²) in [5.74, 6) is -0.0580. The number of nitrogens with one attached hydrogen (secondary N) is 1. The summed E-state index contributed by atoms with van der Waals surface area (Å²) in [4.78, 5) is 24.2. The van der Waals surface area contributed by atoms with Gasteiger partial charge in [0.05, 0.1) is 5.41 Å². The standard InChI is InChI=1S/C18H31NO4/c1-2-5-15(12-14-6-3-4-7-14)16(20)19-13-18(17(21)22)8-10-23-11-9-18/h14-15H,2-13H2,1H3,(H,19,20)(H,21,22). The van der Waals surface area contributed by atoms with E-state index in [0.29, 0.717) is 32.0 Å². The van der Waals surface area contributed by atoms with E-state index >= 15 is 0 Å². The first-order valence-corrected chi connectivity index (χ1v) is 9.16. The number of carboxylic acids is 1. The highest BCUT2D eigenvalue weighted by atomic mass is 16.5. The van der Waals surface area contributed by atoms with Crippen molar-refractivity contribution >= 4 is 11.9 Å². The summed E-state index contributed by atoms with van der Waals surface area (Å²) in [6.07, 6.45) is 8.85. The Morgan fingerprint density at radius 1 is 1.26 bits per heavy atom. The summed E-state index contributed by atoms with van der Waals surface area (Å²) < 4.78 is 5.28. The molecule has 1 aliphatic heterocycles. The van der Waals surface area contributed by atoms with Crippen LogP contribution in [-0.2, 0) is 14.3 Å². The van der Waals surface area contributed by atoms with Crippen LogP contribution in [0, 0.1) is 17.3 Å². The van der Waals surface area contributed by atoms with Crippen LogP contribution in [0.1, 0.15) is 64.7 Å². The van der Waals surface area contributed by atoms with Crippen molar-refractivity contribution < 1.29 is 19.4 Å². The van der Waals surface area contributed by atoms with E-state index < -0.39 is 11.4 Å². The van der Waals surface area contributed by atoms with Gasteiger partial charge < -0.3 is 15.2 Å². The minimum atomic E-state index is -0.849. The third-order valence-electron chi connectivity index (χ3n) is 5.61. The molecular formula is C18H31NO4. The van der Waals surface area contributed by atoms with Crippen molar-refractivity contribution in [2.24, 2.45) is 17.3 Å². The van der Waals surface area contributed by atoms with Crippen LogP contribution in [0.5, 0.6) is 0 Å². The molecular weight excluding hydrogens is 294 g/mol. The van der Waals surface area contributed by atoms with Crippen LogP contribution in [0.15, 0.2) is 0 Å². The van der Waals surface area contributed by atoms with Gasteiger partial charge in [0.25, 0.3) is 0 Å². The number of hydrogen-bond acceptors (Lipinski definition) is 3. The first-order valence-electron chi connectivity index (χ1n) is 9.16. The quantitative estimate of drug-likeness (QED) is 0.719. The third kappa shape index (κ3) is 4.93. The Balaban J connectivity index is 1.89. The fourth-order valence-corrected chi connectivity index (χ4v) is 3.98. The minimum absolute atomic E-state index is 0.0359. The van der Waals surface area contributed by atoms with Gasteiger partial charge in [0.15, 0.2) is 0 Å². The largest absolute Gasteiger partial charge is 0.481 e. The van der Waals surface area contributed by atoms with Crippen molar-refractivity contribution in [1.82, 2.24) is 5.32 Å². The molecule has 1 amide bonds. The van der Waals surface area contributed by atoms with Crippen LogP contribution < -0.4 is 5.32 Å². The summed E-state index contributed by atoms with van der Waals surface area (Å²) in [5, 5.41) is 12.5. The van der Waals surface area contributed by atoms with E-state index in [-0.39, 0.29) is 18.4 Å². The lowest BCUT2D eigenvalue weighted by Gasteiger charge is -2.33. The zero-order chi connectivity index (χ0) is 16.7. The van der Waals surface area contributed by atoms with Crippen molar-refractivity contribution in [2.75, 3.05) is 19.8 Å². The normalized spacial score (nSPS) is 22.7. The molecule has 1 saturated carbocycles. The summed E-state index contributed by atoms with van der Waals surface area (Å²) in [6.45, 7) is 3.26. The number of aliphatic carboxylic acids is 1. The fraction of sp³-hybridized carbons (Fsp3) is 0.889. The molecule has 0 spiro atoms. The van der Waals surface area contributed by atoms with Crippen molar-refractivity contribution in [1.29, 1.82) is 0 Å². The zero-order valence-electron chi connectivity index (χ0n) is 14.3. The Labute approximate surface area is 139 Å². The van der Waals surface area contributed by atoms with Crippen molar-refractivity contribution in [2.45, 2.75) is 64.7 Å². The summed E-state index contributed by atoms with van der Waals surface area (Å²) in [6, 6.07) is 0. The Bertz CT molecular complexity index is 398. The van der Waals surface area contributed by atoms with Gasteiger partial charge in [-0.15, -0.1) is 0 Å². The van der Waals surface area contributed by atoms with Gasteiger partial charge in [0, 0.05) is 25.7 Å². The van der Waals surface area contributed by atoms with E-state index in [1.54, 1.807) is 0 Å². The van der Waals surface area contributed by atoms with Gasteiger partial charge in [-0.1, -0.05) is 39.0 Å². The molecule has 1 saturated heterocycles. The van der Waals surface area contributed by atoms with Crippen LogP contribution in [0.4, 0.5) is 0 Å². The molecule has 2 rings (SSSR count). The molecule has 2 N–H and O–H groups in total. The average molecular weight is 325 g/mol. The van der Waals surface area contributed by atoms with Gasteiger partial charge in [-0.3, -0.25) is 9.59 Å². The van der Waals surface area contributed by atoms with Gasteiger partial charge in [-0.25, -0.2) is 0 Å². The Kier molecular flexibility index (Phi) is 6.88. The van der Waals surface area contributed by atoms with E-state index in [1.165, 1.54) is 25.7 Å². The van der Waals surface area contributed by atoms with Gasteiger partial charge in [0.1, 0.15) is 0 Å². The van der Waals surface area contributed by atoms with Crippen molar-refractivity contribution in [3.8, 4) is 0 Å². The molecule has 132 valence electrons. The smallest absolute Gasteiger partial charge is 0.311 e. The van der Waals surface area contributed by atoms with Crippen LogP contribution in [0.3, 0.4) is 0 Å². The van der Waals surface area contributed by atoms with E-state index in [1.807, 2.05) is 0 Å². The fourth-order valence-electron chi connectivity index (χ4n) is 3.98. The highest BCUT2D eigenvalue weighted by Gasteiger charge is 2.40. The molecule has 0 radical (unpaired) electrons. The highest BCUT2D eigenvalue weighted by molar-refractivity contribution is 5.80. The predicted molar refractivity (Wildman–Crippen MR) is 88.1 cm³/mol. The lowest BCUT2D eigenvalue weighted by Crippen LogP contribution is -2.47. The van der Waals surface area contributed by atoms with E-state index in [2.05, 4.69) is 12.2 Å². The Morgan fingerprint density at radius 3 is 2.48 bits per heavy atom. The molecule has 1 unspecified atom stereocenters. The van der Waals surface area contributed by atoms with Crippen LogP contribution >= 0.6 is 0 Å². The van der Waals surface area contributed by atoms with E-state index in [0.717, 1.165) is 19.3 Å². The second-order valence-corrected chi connectivity index (χ2v) is 7.29. The van der Waals surface area contributed by atoms with Crippen LogP contribution in [0.2, 0.25) is 0 Å². The average Bonchev–Trinajstić information content (AvgIpc) is 3.06. The Morgan fingerprint density at radius 2 is 1.91 bits per heavy atom. The molecule has 23 heavy (non-hydrogen) atoms. The third-order valence-corrected chi connectivity index (χ3v) is 5.61. The predicted octanol–water partition coefficient (Wildman–Crippen LogP) is 2.98. The summed E-state index contributed by atoms with van der Waals surface area (Å²) in [7, 11) is 0. The Hall–Kier alpha value is -1.10. The molecule has 0 bridgehead atoms. The maximum Gasteiger partial charge on any atom is 0.311 e. The first kappa shape index (κ1) is 18.2. The van der Waals surface area contributed by atoms with Crippen LogP contribution in [0.25, 0.3) is 0 Å². The first-order chi connectivity index (χ1) is 11.1. The van der Waals surface area contributed by atoms with Gasteiger partial charge >= 0.3 is 5.97 Å². The highest BCUT2D eigenvalue weighted by Crippen LogP contribution is 2.33. The molecule has 2 fully saturated rings. The van der Waals surface area contributed by atoms with Gasteiger partial charge in [0.2, 0.25) is 5.91 Å². The molecule has 1 atom stereocenters. The number of carboxylic acid groups (broad SMARTS) is 1. The second kappa shape index (κ2) is 8.67. The molecule has 5 heteroatoms. The number of amides is 1. The molecule has 1 aliphatic carbocycles. The zero-order valence-corrected chi connectivity index (χ0v) is 14.3. The topological polar surface area (TPSA) is 75.6 Å². The number of hydrogen-bond donors (Lipinski definition) is 2. The molecule has 5 nitrogen and oxygen atoms in total. The number of carbonyl (C=O) groups is 2. The molecule has 0 aromatic heterocycles. The summed E-state index contributed by atoms with van der Waals surface area (Å²) >= 11 is 0. The van der Waals surface area contributed by atoms with E-state index in [9.17, 15) is 14.7 Å². The SMILES string of the molecule is CCCC(CC1CCCC1)C(=O)NCC1(C(=O)O)CCOCC1. The molecule has 2 aliphatic rings.